The van der Waals surface area contributed by atoms with Crippen molar-refractivity contribution in [3.05, 3.63) is 46.3 Å². The third kappa shape index (κ3) is 5.98. The fourth-order valence-electron chi connectivity index (χ4n) is 3.70. The van der Waals surface area contributed by atoms with Gasteiger partial charge in [0.05, 0.1) is 31.3 Å². The van der Waals surface area contributed by atoms with Gasteiger partial charge in [0.25, 0.3) is 17.9 Å². The van der Waals surface area contributed by atoms with Crippen molar-refractivity contribution in [1.29, 1.82) is 0 Å². The van der Waals surface area contributed by atoms with Crippen molar-refractivity contribution < 1.29 is 28.6 Å². The number of aromatic amines is 1. The molecule has 2 N–H and O–H groups in total. The fraction of sp³-hybridized carbons (Fsp3) is 0.450. The summed E-state index contributed by atoms with van der Waals surface area (Å²) in [6.45, 7) is 3.81. The summed E-state index contributed by atoms with van der Waals surface area (Å²) in [7, 11) is 0. The smallest absolute Gasteiger partial charge is 0.290 e. The summed E-state index contributed by atoms with van der Waals surface area (Å²) in [5.74, 6) is 0.256. The van der Waals surface area contributed by atoms with Gasteiger partial charge in [-0.05, 0) is 19.1 Å². The summed E-state index contributed by atoms with van der Waals surface area (Å²) >= 11 is 1.20. The Balaban J connectivity index is 0.000000913. The van der Waals surface area contributed by atoms with Crippen LogP contribution in [0, 0.1) is 12.8 Å². The monoisotopic (exact) mass is 464 g/mol. The van der Waals surface area contributed by atoms with Gasteiger partial charge < -0.3 is 29.0 Å². The summed E-state index contributed by atoms with van der Waals surface area (Å²) in [5, 5.41) is 7.31. The van der Waals surface area contributed by atoms with Crippen molar-refractivity contribution in [2.75, 3.05) is 38.6 Å². The maximum atomic E-state index is 12.9. The summed E-state index contributed by atoms with van der Waals surface area (Å²) in [6.07, 6.45) is 1.48. The number of nitrogens with zero attached hydrogens (tertiary/aromatic N) is 3. The number of carbonyl (C=O) groups excluding carboxylic acids is 2. The number of carbonyl (C=O) groups is 3. The van der Waals surface area contributed by atoms with Crippen LogP contribution in [-0.4, -0.2) is 87.8 Å². The molecule has 2 saturated heterocycles. The number of rotatable bonds is 4. The van der Waals surface area contributed by atoms with Crippen molar-refractivity contribution in [3.63, 3.8) is 0 Å². The van der Waals surface area contributed by atoms with E-state index in [1.54, 1.807) is 28.9 Å². The summed E-state index contributed by atoms with van der Waals surface area (Å²) in [5.41, 5.74) is 0.369. The number of H-pyrrole nitrogens is 1. The van der Waals surface area contributed by atoms with Gasteiger partial charge in [0.2, 0.25) is 5.91 Å². The van der Waals surface area contributed by atoms with Gasteiger partial charge in [-0.15, -0.1) is 0 Å². The Labute approximate surface area is 187 Å². The van der Waals surface area contributed by atoms with Crippen LogP contribution < -0.4 is 5.56 Å². The lowest BCUT2D eigenvalue weighted by atomic mass is 10.1. The number of hydrogen-bond donors (Lipinski definition) is 2. The average molecular weight is 465 g/mol. The number of aryl methyl sites for hydroxylation is 1. The van der Waals surface area contributed by atoms with E-state index in [1.165, 1.54) is 24.1 Å². The highest BCUT2D eigenvalue weighted by atomic mass is 32.2. The molecule has 0 unspecified atom stereocenters. The van der Waals surface area contributed by atoms with Crippen molar-refractivity contribution in [2.24, 2.45) is 5.92 Å². The van der Waals surface area contributed by atoms with Gasteiger partial charge in [-0.3, -0.25) is 19.2 Å². The number of fused-ring (bicyclic) bond motifs is 3. The number of hydrogen-bond acceptors (Lipinski definition) is 8. The van der Waals surface area contributed by atoms with Crippen molar-refractivity contribution in [2.45, 2.75) is 18.1 Å². The predicted octanol–water partition coefficient (Wildman–Crippen LogP) is 0.464. The minimum absolute atomic E-state index is 0.0345. The van der Waals surface area contributed by atoms with Gasteiger partial charge in [-0.2, -0.15) is 0 Å². The van der Waals surface area contributed by atoms with Crippen LogP contribution in [0.5, 0.6) is 0 Å². The predicted molar refractivity (Wildman–Crippen MR) is 113 cm³/mol. The van der Waals surface area contributed by atoms with E-state index in [-0.39, 0.29) is 41.6 Å². The molecule has 2 aliphatic rings. The van der Waals surface area contributed by atoms with Crippen molar-refractivity contribution in [1.82, 2.24) is 19.8 Å². The molecule has 4 rings (SSSR count). The molecule has 0 spiro atoms. The molecular formula is C20H24N4O7S. The Bertz CT molecular complexity index is 994. The molecular weight excluding hydrogens is 440 g/mol. The minimum atomic E-state index is -0.250. The molecule has 12 heteroatoms. The lowest BCUT2D eigenvalue weighted by Gasteiger charge is -2.30. The third-order valence-corrected chi connectivity index (χ3v) is 5.85. The van der Waals surface area contributed by atoms with E-state index in [1.807, 2.05) is 0 Å². The molecule has 0 radical (unpaired) electrons. The molecule has 2 fully saturated rings. The SMILES string of the molecule is Cc1cc(=O)[nH]c(SCC(=O)N2C[C@H]3COC[C@@H]2CN(C(=O)c2ccco2)C3)n1.O=CO. The van der Waals surface area contributed by atoms with Crippen LogP contribution in [0.1, 0.15) is 16.2 Å². The average Bonchev–Trinajstić information content (AvgIpc) is 3.11. The molecule has 2 aromatic heterocycles. The third-order valence-electron chi connectivity index (χ3n) is 4.99. The van der Waals surface area contributed by atoms with E-state index in [0.29, 0.717) is 49.5 Å². The van der Waals surface area contributed by atoms with Gasteiger partial charge in [-0.1, -0.05) is 11.8 Å². The highest BCUT2D eigenvalue weighted by Gasteiger charge is 2.37. The van der Waals surface area contributed by atoms with E-state index in [9.17, 15) is 14.4 Å². The van der Waals surface area contributed by atoms with Crippen molar-refractivity contribution in [3.8, 4) is 0 Å². The number of aromatic nitrogens is 2. The molecule has 2 bridgehead atoms. The summed E-state index contributed by atoms with van der Waals surface area (Å²) in [6, 6.07) is 4.52. The lowest BCUT2D eigenvalue weighted by Crippen LogP contribution is -2.48. The van der Waals surface area contributed by atoms with E-state index < -0.39 is 0 Å². The Kier molecular flexibility index (Phi) is 8.06. The van der Waals surface area contributed by atoms with Crippen LogP contribution >= 0.6 is 11.8 Å². The fourth-order valence-corrected chi connectivity index (χ4v) is 4.51. The molecule has 0 aromatic carbocycles. The molecule has 2 atom stereocenters. The van der Waals surface area contributed by atoms with E-state index in [2.05, 4.69) is 9.97 Å². The van der Waals surface area contributed by atoms with Crippen LogP contribution in [0.25, 0.3) is 0 Å². The van der Waals surface area contributed by atoms with Gasteiger partial charge in [-0.25, -0.2) is 4.98 Å². The normalized spacial score (nSPS) is 20.0. The Morgan fingerprint density at radius 1 is 1.34 bits per heavy atom. The van der Waals surface area contributed by atoms with Gasteiger partial charge in [0, 0.05) is 37.3 Å². The molecule has 0 saturated carbocycles. The van der Waals surface area contributed by atoms with Gasteiger partial charge in [0.1, 0.15) is 0 Å². The minimum Gasteiger partial charge on any atom is -0.483 e. The topological polar surface area (TPSA) is 146 Å². The number of carboxylic acid groups (broad SMARTS) is 1. The largest absolute Gasteiger partial charge is 0.483 e. The molecule has 172 valence electrons. The maximum absolute atomic E-state index is 12.9. The number of nitrogens with one attached hydrogen (secondary N) is 1. The first-order valence-electron chi connectivity index (χ1n) is 9.90. The zero-order valence-electron chi connectivity index (χ0n) is 17.4. The van der Waals surface area contributed by atoms with Gasteiger partial charge >= 0.3 is 0 Å². The molecule has 2 aromatic rings. The van der Waals surface area contributed by atoms with Crippen LogP contribution in [0.15, 0.2) is 38.8 Å². The molecule has 4 heterocycles. The molecule has 32 heavy (non-hydrogen) atoms. The summed E-state index contributed by atoms with van der Waals surface area (Å²) in [4.78, 5) is 56.1. The number of furan rings is 1. The highest BCUT2D eigenvalue weighted by Crippen LogP contribution is 2.23. The standard InChI is InChI=1S/C19H22N4O5S.CH2O2/c1-12-5-16(24)21-19(20-12)29-11-17(25)23-7-13-6-22(8-14(23)10-27-9-13)18(26)15-3-2-4-28-15;2-1-3/h2-5,13-14H,6-11H2,1H3,(H,20,21,24);1H,(H,2,3)/t13-,14-;/m0./s1. The van der Waals surface area contributed by atoms with Crippen molar-refractivity contribution >= 4 is 30.0 Å². The zero-order valence-corrected chi connectivity index (χ0v) is 18.2. The Morgan fingerprint density at radius 2 is 2.12 bits per heavy atom. The van der Waals surface area contributed by atoms with E-state index in [0.717, 1.165) is 0 Å². The van der Waals surface area contributed by atoms with E-state index >= 15 is 0 Å². The first-order valence-corrected chi connectivity index (χ1v) is 10.9. The zero-order chi connectivity index (χ0) is 23.1. The second-order valence-corrected chi connectivity index (χ2v) is 8.34. The first kappa shape index (κ1) is 23.5. The van der Waals surface area contributed by atoms with Crippen LogP contribution in [0.4, 0.5) is 0 Å². The number of ether oxygens (including phenoxy) is 1. The highest BCUT2D eigenvalue weighted by molar-refractivity contribution is 7.99. The maximum Gasteiger partial charge on any atom is 0.290 e. The second-order valence-electron chi connectivity index (χ2n) is 7.38. The Morgan fingerprint density at radius 3 is 2.81 bits per heavy atom. The number of thioether (sulfide) groups is 1. The van der Waals surface area contributed by atoms with Crippen LogP contribution in [-0.2, 0) is 14.3 Å². The van der Waals surface area contributed by atoms with Crippen LogP contribution in [0.3, 0.4) is 0 Å². The van der Waals surface area contributed by atoms with Gasteiger partial charge in [0.15, 0.2) is 10.9 Å². The van der Waals surface area contributed by atoms with E-state index in [4.69, 9.17) is 19.1 Å². The molecule has 2 aliphatic heterocycles. The summed E-state index contributed by atoms with van der Waals surface area (Å²) < 4.78 is 11.0. The quantitative estimate of drug-likeness (QED) is 0.374. The number of amides is 2. The molecule has 11 nitrogen and oxygen atoms in total. The first-order chi connectivity index (χ1) is 15.4. The van der Waals surface area contributed by atoms with Crippen LogP contribution in [0.2, 0.25) is 0 Å². The lowest BCUT2D eigenvalue weighted by molar-refractivity contribution is -0.131. The Hall–Kier alpha value is -3.12. The second kappa shape index (κ2) is 11.0. The molecule has 2 amide bonds. The molecule has 0 aliphatic carbocycles.